The molecular weight excluding hydrogens is 250 g/mol. The number of nitrogens with one attached hydrogen (secondary N) is 1. The summed E-state index contributed by atoms with van der Waals surface area (Å²) < 4.78 is 11.4. The van der Waals surface area contributed by atoms with Crippen molar-refractivity contribution in [3.8, 4) is 0 Å². The maximum Gasteiger partial charge on any atom is 0.152 e. The fourth-order valence-electron chi connectivity index (χ4n) is 1.82. The van der Waals surface area contributed by atoms with Gasteiger partial charge in [-0.1, -0.05) is 23.7 Å². The van der Waals surface area contributed by atoms with E-state index in [1.54, 1.807) is 0 Å². The maximum atomic E-state index is 6.10. The molecule has 2 rings (SSSR count). The summed E-state index contributed by atoms with van der Waals surface area (Å²) in [6.45, 7) is 4.61. The van der Waals surface area contributed by atoms with Crippen LogP contribution in [0.25, 0.3) is 11.0 Å². The van der Waals surface area contributed by atoms with Crippen molar-refractivity contribution in [3.05, 3.63) is 35.0 Å². The molecule has 0 saturated heterocycles. The van der Waals surface area contributed by atoms with Gasteiger partial charge < -0.3 is 14.5 Å². The molecule has 2 aromatic rings. The van der Waals surface area contributed by atoms with Gasteiger partial charge in [0.25, 0.3) is 0 Å². The van der Waals surface area contributed by atoms with Crippen LogP contribution >= 0.6 is 11.6 Å². The summed E-state index contributed by atoms with van der Waals surface area (Å²) >= 11 is 6.10. The molecule has 4 heteroatoms. The van der Waals surface area contributed by atoms with E-state index in [9.17, 15) is 0 Å². The number of hydrogen-bond acceptors (Lipinski definition) is 3. The predicted molar refractivity (Wildman–Crippen MR) is 74.1 cm³/mol. The van der Waals surface area contributed by atoms with E-state index in [2.05, 4.69) is 5.32 Å². The molecule has 0 aliphatic carbocycles. The van der Waals surface area contributed by atoms with Crippen LogP contribution in [0.1, 0.15) is 25.6 Å². The highest BCUT2D eigenvalue weighted by atomic mass is 35.5. The van der Waals surface area contributed by atoms with E-state index in [4.69, 9.17) is 20.8 Å². The highest BCUT2D eigenvalue weighted by molar-refractivity contribution is 6.34. The first-order valence-corrected chi connectivity index (χ1v) is 6.46. The largest absolute Gasteiger partial charge is 0.458 e. The molecule has 1 N–H and O–H groups in total. The van der Waals surface area contributed by atoms with Gasteiger partial charge >= 0.3 is 0 Å². The summed E-state index contributed by atoms with van der Waals surface area (Å²) in [5.41, 5.74) is 0.735. The number of hydrogen-bond donors (Lipinski definition) is 1. The number of furan rings is 1. The van der Waals surface area contributed by atoms with Gasteiger partial charge in [-0.2, -0.15) is 0 Å². The molecule has 0 fully saturated rings. The molecule has 0 radical (unpaired) electrons. The molecule has 0 aliphatic heterocycles. The Bertz CT molecular complexity index is 521. The number of halogens is 1. The SMILES string of the molecule is CNC(COC(C)C)c1cc2cccc(Cl)c2o1. The average Bonchev–Trinajstić information content (AvgIpc) is 2.75. The van der Waals surface area contributed by atoms with Crippen molar-refractivity contribution < 1.29 is 9.15 Å². The third-order valence-electron chi connectivity index (χ3n) is 2.80. The molecule has 1 aromatic carbocycles. The van der Waals surface area contributed by atoms with Crippen LogP contribution in [0.5, 0.6) is 0 Å². The van der Waals surface area contributed by atoms with Crippen LogP contribution in [0, 0.1) is 0 Å². The van der Waals surface area contributed by atoms with E-state index in [1.165, 1.54) is 0 Å². The standard InChI is InChI=1S/C14H18ClNO2/c1-9(2)17-8-12(16-3)13-7-10-5-4-6-11(15)14(10)18-13/h4-7,9,12,16H,8H2,1-3H3. The number of likely N-dealkylation sites (N-methyl/N-ethyl adjacent to an activating group) is 1. The minimum absolute atomic E-state index is 0.0378. The Labute approximate surface area is 112 Å². The van der Waals surface area contributed by atoms with Gasteiger partial charge in [0.15, 0.2) is 5.58 Å². The molecule has 1 heterocycles. The molecule has 1 unspecified atom stereocenters. The van der Waals surface area contributed by atoms with Crippen molar-refractivity contribution in [1.82, 2.24) is 5.32 Å². The molecule has 0 aliphatic rings. The molecule has 3 nitrogen and oxygen atoms in total. The number of fused-ring (bicyclic) bond motifs is 1. The van der Waals surface area contributed by atoms with Gasteiger partial charge in [-0.3, -0.25) is 0 Å². The maximum absolute atomic E-state index is 6.10. The average molecular weight is 268 g/mol. The fraction of sp³-hybridized carbons (Fsp3) is 0.429. The third-order valence-corrected chi connectivity index (χ3v) is 3.10. The predicted octanol–water partition coefficient (Wildman–Crippen LogP) is 3.77. The molecule has 98 valence electrons. The zero-order valence-corrected chi connectivity index (χ0v) is 11.6. The van der Waals surface area contributed by atoms with E-state index >= 15 is 0 Å². The van der Waals surface area contributed by atoms with Gasteiger partial charge in [-0.05, 0) is 33.0 Å². The monoisotopic (exact) mass is 267 g/mol. The normalized spacial score (nSPS) is 13.4. The van der Waals surface area contributed by atoms with Crippen molar-refractivity contribution >= 4 is 22.6 Å². The minimum atomic E-state index is 0.0378. The topological polar surface area (TPSA) is 34.4 Å². The van der Waals surface area contributed by atoms with Crippen LogP contribution in [0.3, 0.4) is 0 Å². The molecular formula is C14H18ClNO2. The highest BCUT2D eigenvalue weighted by Gasteiger charge is 2.16. The van der Waals surface area contributed by atoms with Crippen LogP contribution in [-0.2, 0) is 4.74 Å². The summed E-state index contributed by atoms with van der Waals surface area (Å²) in [6, 6.07) is 7.78. The Morgan fingerprint density at radius 2 is 2.17 bits per heavy atom. The summed E-state index contributed by atoms with van der Waals surface area (Å²) in [4.78, 5) is 0. The van der Waals surface area contributed by atoms with Crippen LogP contribution < -0.4 is 5.32 Å². The molecule has 0 amide bonds. The lowest BCUT2D eigenvalue weighted by atomic mass is 10.2. The summed E-state index contributed by atoms with van der Waals surface area (Å²) in [5.74, 6) is 0.848. The Morgan fingerprint density at radius 3 is 2.78 bits per heavy atom. The number of para-hydroxylation sites is 1. The van der Waals surface area contributed by atoms with Gasteiger partial charge in [0, 0.05) is 5.39 Å². The van der Waals surface area contributed by atoms with Gasteiger partial charge in [0.05, 0.1) is 23.8 Å². The van der Waals surface area contributed by atoms with E-state index in [1.807, 2.05) is 45.2 Å². The van der Waals surface area contributed by atoms with Gasteiger partial charge in [-0.15, -0.1) is 0 Å². The van der Waals surface area contributed by atoms with E-state index in [-0.39, 0.29) is 12.1 Å². The lowest BCUT2D eigenvalue weighted by Crippen LogP contribution is -2.23. The Balaban J connectivity index is 2.25. The second-order valence-corrected chi connectivity index (χ2v) is 4.94. The molecule has 0 spiro atoms. The Morgan fingerprint density at radius 1 is 1.39 bits per heavy atom. The first-order valence-electron chi connectivity index (χ1n) is 6.08. The molecule has 1 aromatic heterocycles. The van der Waals surface area contributed by atoms with E-state index < -0.39 is 0 Å². The quantitative estimate of drug-likeness (QED) is 0.895. The second-order valence-electron chi connectivity index (χ2n) is 4.53. The van der Waals surface area contributed by atoms with Crippen LogP contribution in [0.15, 0.2) is 28.7 Å². The van der Waals surface area contributed by atoms with Gasteiger partial charge in [0.1, 0.15) is 5.76 Å². The van der Waals surface area contributed by atoms with E-state index in [0.29, 0.717) is 11.6 Å². The zero-order valence-electron chi connectivity index (χ0n) is 10.9. The zero-order chi connectivity index (χ0) is 13.1. The van der Waals surface area contributed by atoms with Gasteiger partial charge in [-0.25, -0.2) is 0 Å². The molecule has 0 bridgehead atoms. The Hall–Kier alpha value is -1.03. The van der Waals surface area contributed by atoms with Crippen molar-refractivity contribution in [1.29, 1.82) is 0 Å². The molecule has 18 heavy (non-hydrogen) atoms. The van der Waals surface area contributed by atoms with Crippen molar-refractivity contribution in [3.63, 3.8) is 0 Å². The summed E-state index contributed by atoms with van der Waals surface area (Å²) in [7, 11) is 1.89. The van der Waals surface area contributed by atoms with E-state index in [0.717, 1.165) is 16.7 Å². The van der Waals surface area contributed by atoms with Crippen LogP contribution in [0.2, 0.25) is 5.02 Å². The highest BCUT2D eigenvalue weighted by Crippen LogP contribution is 2.29. The third kappa shape index (κ3) is 2.86. The van der Waals surface area contributed by atoms with Crippen molar-refractivity contribution in [2.75, 3.05) is 13.7 Å². The lowest BCUT2D eigenvalue weighted by Gasteiger charge is -2.15. The first kappa shape index (κ1) is 13.4. The van der Waals surface area contributed by atoms with Gasteiger partial charge in [0.2, 0.25) is 0 Å². The minimum Gasteiger partial charge on any atom is -0.458 e. The lowest BCUT2D eigenvalue weighted by molar-refractivity contribution is 0.0588. The molecule has 1 atom stereocenters. The molecule has 0 saturated carbocycles. The number of benzene rings is 1. The number of ether oxygens (including phenoxy) is 1. The summed E-state index contributed by atoms with van der Waals surface area (Å²) in [6.07, 6.45) is 0.203. The first-order chi connectivity index (χ1) is 8.61. The second kappa shape index (κ2) is 5.74. The smallest absolute Gasteiger partial charge is 0.152 e. The van der Waals surface area contributed by atoms with Crippen molar-refractivity contribution in [2.45, 2.75) is 26.0 Å². The van der Waals surface area contributed by atoms with Crippen LogP contribution in [0.4, 0.5) is 0 Å². The fourth-order valence-corrected chi connectivity index (χ4v) is 2.04. The van der Waals surface area contributed by atoms with Crippen molar-refractivity contribution in [2.24, 2.45) is 0 Å². The van der Waals surface area contributed by atoms with Crippen LogP contribution in [-0.4, -0.2) is 19.8 Å². The Kier molecular flexibility index (Phi) is 4.27. The number of rotatable bonds is 5. The summed E-state index contributed by atoms with van der Waals surface area (Å²) in [5, 5.41) is 4.85.